The number of pyridine rings is 1. The van der Waals surface area contributed by atoms with E-state index in [2.05, 4.69) is 25.6 Å². The molecule has 1 amide bonds. The number of nitrogens with one attached hydrogen (secondary N) is 2. The number of hydrogen-bond donors (Lipinski definition) is 5. The molecule has 3 unspecified atom stereocenters. The van der Waals surface area contributed by atoms with Gasteiger partial charge in [-0.05, 0) is 53.5 Å². The fraction of sp³-hybridized carbons (Fsp3) is 0.560. The van der Waals surface area contributed by atoms with Gasteiger partial charge in [-0.3, -0.25) is 9.78 Å². The summed E-state index contributed by atoms with van der Waals surface area (Å²) < 4.78 is 0.950. The average Bonchev–Trinajstić information content (AvgIpc) is 3.38. The maximum atomic E-state index is 12.7. The van der Waals surface area contributed by atoms with Gasteiger partial charge in [-0.1, -0.05) is 0 Å². The molecule has 37 heavy (non-hydrogen) atoms. The molecular weight excluding hydrogens is 494 g/mol. The predicted molar refractivity (Wildman–Crippen MR) is 143 cm³/mol. The summed E-state index contributed by atoms with van der Waals surface area (Å²) in [5.41, 5.74) is 0.691. The predicted octanol–water partition coefficient (Wildman–Crippen LogP) is 2.30. The number of aromatic nitrogens is 4. The number of likely N-dealkylation sites (N-methyl/N-ethyl adjacent to an activating group) is 1. The molecule has 5 N–H and O–H groups in total. The van der Waals surface area contributed by atoms with Crippen LogP contribution in [0.3, 0.4) is 0 Å². The minimum absolute atomic E-state index is 0.0164. The lowest BCUT2D eigenvalue weighted by molar-refractivity contribution is -0.132. The number of fused-ring (bicyclic) bond motifs is 1. The number of nitrogens with zero attached hydrogens (tertiary/aromatic N) is 5. The number of carbonyl (C=O) groups excluding carboxylic acids is 1. The van der Waals surface area contributed by atoms with E-state index in [9.17, 15) is 20.1 Å². The van der Waals surface area contributed by atoms with Crippen molar-refractivity contribution in [3.8, 4) is 10.6 Å². The van der Waals surface area contributed by atoms with Crippen LogP contribution in [0.4, 0.5) is 11.8 Å². The summed E-state index contributed by atoms with van der Waals surface area (Å²) in [6, 6.07) is 1.89. The molecule has 1 fully saturated rings. The van der Waals surface area contributed by atoms with Gasteiger partial charge in [0.1, 0.15) is 22.4 Å². The molecule has 0 spiro atoms. The number of aliphatic hydroxyl groups is 3. The van der Waals surface area contributed by atoms with E-state index in [1.807, 2.05) is 33.8 Å². The van der Waals surface area contributed by atoms with E-state index in [1.54, 1.807) is 25.1 Å². The van der Waals surface area contributed by atoms with Crippen LogP contribution in [-0.4, -0.2) is 83.6 Å². The van der Waals surface area contributed by atoms with E-state index in [0.717, 1.165) is 15.9 Å². The first-order valence-corrected chi connectivity index (χ1v) is 13.1. The number of hydrogen-bond acceptors (Lipinski definition) is 11. The van der Waals surface area contributed by atoms with Crippen LogP contribution >= 0.6 is 11.3 Å². The van der Waals surface area contributed by atoms with Crippen LogP contribution in [-0.2, 0) is 4.79 Å². The number of amides is 1. The first-order chi connectivity index (χ1) is 17.3. The third kappa shape index (κ3) is 5.37. The molecule has 3 heterocycles. The van der Waals surface area contributed by atoms with Crippen molar-refractivity contribution in [2.45, 2.75) is 64.8 Å². The molecule has 12 heteroatoms. The van der Waals surface area contributed by atoms with Crippen molar-refractivity contribution in [3.63, 3.8) is 0 Å². The number of aliphatic hydroxyl groups excluding tert-OH is 2. The molecule has 3 atom stereocenters. The van der Waals surface area contributed by atoms with E-state index < -0.39 is 17.7 Å². The monoisotopic (exact) mass is 529 g/mol. The number of carbonyl (C=O) groups is 1. The number of anilines is 2. The van der Waals surface area contributed by atoms with Gasteiger partial charge in [-0.2, -0.15) is 4.98 Å². The Hall–Kier alpha value is -2.93. The zero-order chi connectivity index (χ0) is 27.1. The highest BCUT2D eigenvalue weighted by Gasteiger charge is 2.47. The topological polar surface area (TPSA) is 157 Å². The van der Waals surface area contributed by atoms with Gasteiger partial charge in [0.2, 0.25) is 11.9 Å². The molecule has 0 aliphatic heterocycles. The molecule has 4 rings (SSSR count). The molecule has 0 bridgehead atoms. The quantitative estimate of drug-likeness (QED) is 0.288. The van der Waals surface area contributed by atoms with E-state index in [1.165, 1.54) is 11.3 Å². The Balaban J connectivity index is 1.73. The zero-order valence-electron chi connectivity index (χ0n) is 22.0. The molecule has 0 saturated heterocycles. The Labute approximate surface area is 220 Å². The SMILES string of the molecule is Cc1nc(NCC(=O)N(C)C(C)(C)C)nc(NC2(O)CCC(CO)C2O)c1-c1nc2c(C)nccc2s1. The third-order valence-electron chi connectivity index (χ3n) is 6.97. The van der Waals surface area contributed by atoms with Crippen molar-refractivity contribution in [1.82, 2.24) is 24.8 Å². The highest BCUT2D eigenvalue weighted by molar-refractivity contribution is 7.21. The van der Waals surface area contributed by atoms with Crippen molar-refractivity contribution in [2.75, 3.05) is 30.8 Å². The zero-order valence-corrected chi connectivity index (χ0v) is 22.8. The van der Waals surface area contributed by atoms with Gasteiger partial charge in [0.05, 0.1) is 28.2 Å². The lowest BCUT2D eigenvalue weighted by Crippen LogP contribution is -2.48. The summed E-state index contributed by atoms with van der Waals surface area (Å²) in [5.74, 6) is -0.107. The number of rotatable bonds is 7. The molecule has 0 radical (unpaired) electrons. The molecule has 0 aromatic carbocycles. The second kappa shape index (κ2) is 10.1. The van der Waals surface area contributed by atoms with Crippen molar-refractivity contribution in [2.24, 2.45) is 5.92 Å². The fourth-order valence-corrected chi connectivity index (χ4v) is 5.48. The Morgan fingerprint density at radius 2 is 1.97 bits per heavy atom. The van der Waals surface area contributed by atoms with Crippen molar-refractivity contribution in [1.29, 1.82) is 0 Å². The van der Waals surface area contributed by atoms with Gasteiger partial charge in [0.15, 0.2) is 5.72 Å². The van der Waals surface area contributed by atoms with Crippen LogP contribution in [0.2, 0.25) is 0 Å². The minimum atomic E-state index is -1.70. The van der Waals surface area contributed by atoms with Crippen LogP contribution in [0, 0.1) is 19.8 Å². The summed E-state index contributed by atoms with van der Waals surface area (Å²) in [7, 11) is 1.74. The van der Waals surface area contributed by atoms with E-state index >= 15 is 0 Å². The second-order valence-corrected chi connectivity index (χ2v) is 11.6. The second-order valence-electron chi connectivity index (χ2n) is 10.6. The van der Waals surface area contributed by atoms with Crippen molar-refractivity contribution >= 4 is 39.2 Å². The summed E-state index contributed by atoms with van der Waals surface area (Å²) >= 11 is 1.45. The Bertz CT molecular complexity index is 1310. The molecule has 1 aliphatic carbocycles. The van der Waals surface area contributed by atoms with Gasteiger partial charge in [0, 0.05) is 31.3 Å². The Morgan fingerprint density at radius 1 is 1.24 bits per heavy atom. The standard InChI is InChI=1S/C25H35N7O4S/c1-13-18(22-29-19-14(2)26-10-8-16(19)37-22)21(31-25(36)9-7-15(12-33)20(25)35)30-23(28-13)27-11-17(34)32(6)24(3,4)5/h8,10,15,20,33,35-36H,7,9,11-12H2,1-6H3,(H2,27,28,30,31). The van der Waals surface area contributed by atoms with Crippen LogP contribution in [0.1, 0.15) is 45.0 Å². The summed E-state index contributed by atoms with van der Waals surface area (Å²) in [6.45, 7) is 9.29. The van der Waals surface area contributed by atoms with Gasteiger partial charge < -0.3 is 30.9 Å². The smallest absolute Gasteiger partial charge is 0.242 e. The highest BCUT2D eigenvalue weighted by atomic mass is 32.1. The fourth-order valence-electron chi connectivity index (χ4n) is 4.37. The minimum Gasteiger partial charge on any atom is -0.396 e. The maximum Gasteiger partial charge on any atom is 0.242 e. The Morgan fingerprint density at radius 3 is 2.59 bits per heavy atom. The first kappa shape index (κ1) is 27.1. The molecule has 3 aromatic rings. The largest absolute Gasteiger partial charge is 0.396 e. The lowest BCUT2D eigenvalue weighted by Gasteiger charge is -2.32. The maximum absolute atomic E-state index is 12.7. The molecule has 1 aliphatic rings. The summed E-state index contributed by atoms with van der Waals surface area (Å²) in [6.07, 6.45) is 1.21. The van der Waals surface area contributed by atoms with Gasteiger partial charge >= 0.3 is 0 Å². The summed E-state index contributed by atoms with van der Waals surface area (Å²) in [4.78, 5) is 32.6. The molecule has 200 valence electrons. The van der Waals surface area contributed by atoms with Gasteiger partial charge in [-0.15, -0.1) is 11.3 Å². The molecule has 11 nitrogen and oxygen atoms in total. The van der Waals surface area contributed by atoms with Crippen LogP contribution in [0.5, 0.6) is 0 Å². The number of thiazole rings is 1. The van der Waals surface area contributed by atoms with Crippen LogP contribution < -0.4 is 10.6 Å². The average molecular weight is 530 g/mol. The molecule has 3 aromatic heterocycles. The van der Waals surface area contributed by atoms with E-state index in [-0.39, 0.29) is 42.8 Å². The molecule has 1 saturated carbocycles. The Kier molecular flexibility index (Phi) is 7.39. The summed E-state index contributed by atoms with van der Waals surface area (Å²) in [5, 5.41) is 38.3. The first-order valence-electron chi connectivity index (χ1n) is 12.2. The van der Waals surface area contributed by atoms with E-state index in [0.29, 0.717) is 22.7 Å². The van der Waals surface area contributed by atoms with Crippen LogP contribution in [0.25, 0.3) is 20.8 Å². The third-order valence-corrected chi connectivity index (χ3v) is 8.01. The molecular formula is C25H35N7O4S. The van der Waals surface area contributed by atoms with Crippen molar-refractivity contribution < 1.29 is 20.1 Å². The normalized spacial score (nSPS) is 21.9. The van der Waals surface area contributed by atoms with Gasteiger partial charge in [-0.25, -0.2) is 9.97 Å². The number of aryl methyl sites for hydroxylation is 2. The van der Waals surface area contributed by atoms with Gasteiger partial charge in [0.25, 0.3) is 0 Å². The van der Waals surface area contributed by atoms with E-state index in [4.69, 9.17) is 4.98 Å². The lowest BCUT2D eigenvalue weighted by atomic mass is 10.0. The van der Waals surface area contributed by atoms with Crippen LogP contribution in [0.15, 0.2) is 12.3 Å². The highest BCUT2D eigenvalue weighted by Crippen LogP contribution is 2.40. The van der Waals surface area contributed by atoms with Crippen molar-refractivity contribution in [3.05, 3.63) is 23.7 Å².